The first kappa shape index (κ1) is 17.2. The molecule has 0 aliphatic carbocycles. The van der Waals surface area contributed by atoms with Gasteiger partial charge in [0.05, 0.1) is 12.3 Å². The van der Waals surface area contributed by atoms with Crippen LogP contribution in [0.1, 0.15) is 15.9 Å². The summed E-state index contributed by atoms with van der Waals surface area (Å²) in [4.78, 5) is 16.7. The maximum Gasteiger partial charge on any atom is 0.257 e. The quantitative estimate of drug-likeness (QED) is 0.729. The first-order valence-electron chi connectivity index (χ1n) is 7.37. The van der Waals surface area contributed by atoms with Crippen molar-refractivity contribution in [3.05, 3.63) is 70.6 Å². The van der Waals surface area contributed by atoms with Crippen LogP contribution < -0.4 is 5.32 Å². The fourth-order valence-electron chi connectivity index (χ4n) is 2.31. The summed E-state index contributed by atoms with van der Waals surface area (Å²) < 4.78 is 31.5. The lowest BCUT2D eigenvalue weighted by Gasteiger charge is -2.07. The second kappa shape index (κ2) is 7.50. The predicted molar refractivity (Wildman–Crippen MR) is 92.6 cm³/mol. The summed E-state index contributed by atoms with van der Waals surface area (Å²) in [7, 11) is 1.56. The van der Waals surface area contributed by atoms with Gasteiger partial charge in [-0.2, -0.15) is 0 Å². The zero-order chi connectivity index (χ0) is 17.8. The number of thiazole rings is 1. The van der Waals surface area contributed by atoms with E-state index < -0.39 is 11.6 Å². The molecule has 0 spiro atoms. The lowest BCUT2D eigenvalue weighted by molar-refractivity contribution is 0.102. The van der Waals surface area contributed by atoms with Crippen LogP contribution in [0.5, 0.6) is 0 Å². The smallest absolute Gasteiger partial charge is 0.257 e. The summed E-state index contributed by atoms with van der Waals surface area (Å²) in [6.45, 7) is 0.321. The highest BCUT2D eigenvalue weighted by Gasteiger charge is 2.14. The van der Waals surface area contributed by atoms with E-state index in [1.54, 1.807) is 24.6 Å². The van der Waals surface area contributed by atoms with Crippen molar-refractivity contribution in [2.24, 2.45) is 0 Å². The molecule has 0 aliphatic rings. The van der Waals surface area contributed by atoms with Crippen molar-refractivity contribution in [1.82, 2.24) is 4.98 Å². The molecular weight excluding hydrogens is 346 g/mol. The number of carbonyl (C=O) groups excluding carboxylic acids is 1. The van der Waals surface area contributed by atoms with Crippen LogP contribution in [0.3, 0.4) is 0 Å². The molecule has 1 N–H and O–H groups in total. The minimum absolute atomic E-state index is 0.307. The highest BCUT2D eigenvalue weighted by atomic mass is 32.1. The Bertz CT molecular complexity index is 912. The Morgan fingerprint density at radius 1 is 1.20 bits per heavy atom. The average Bonchev–Trinajstić information content (AvgIpc) is 3.06. The predicted octanol–water partition coefficient (Wildman–Crippen LogP) is 4.49. The lowest BCUT2D eigenvalue weighted by atomic mass is 10.1. The summed E-state index contributed by atoms with van der Waals surface area (Å²) in [5, 5.41) is 4.76. The number of hydrogen-bond acceptors (Lipinski definition) is 4. The van der Waals surface area contributed by atoms with Crippen molar-refractivity contribution in [2.75, 3.05) is 12.4 Å². The zero-order valence-electron chi connectivity index (χ0n) is 13.3. The number of anilines is 1. The number of benzene rings is 2. The van der Waals surface area contributed by atoms with E-state index in [4.69, 9.17) is 4.74 Å². The Kier molecular flexibility index (Phi) is 5.16. The molecular formula is C18H14F2N2O2S. The van der Waals surface area contributed by atoms with Gasteiger partial charge >= 0.3 is 0 Å². The van der Waals surface area contributed by atoms with Crippen molar-refractivity contribution in [1.29, 1.82) is 0 Å². The van der Waals surface area contributed by atoms with Crippen LogP contribution in [0.25, 0.3) is 11.3 Å². The fraction of sp³-hybridized carbons (Fsp3) is 0.111. The molecule has 0 unspecified atom stereocenters. The molecule has 0 aliphatic heterocycles. The van der Waals surface area contributed by atoms with E-state index in [1.807, 2.05) is 12.1 Å². The number of hydrogen-bond donors (Lipinski definition) is 1. The van der Waals surface area contributed by atoms with Crippen molar-refractivity contribution < 1.29 is 18.3 Å². The van der Waals surface area contributed by atoms with Crippen LogP contribution in [-0.2, 0) is 11.3 Å². The number of halogens is 2. The van der Waals surface area contributed by atoms with E-state index in [-0.39, 0.29) is 5.91 Å². The highest BCUT2D eigenvalue weighted by molar-refractivity contribution is 7.14. The standard InChI is InChI=1S/C18H14F2N2O2S/c1-24-9-12-4-2-3-5-13(12)17(23)22-18-21-16(10-25-18)11-6-7-14(19)15(20)8-11/h2-8,10H,9H2,1H3,(H,21,22,23). The third-order valence-electron chi connectivity index (χ3n) is 3.50. The van der Waals surface area contributed by atoms with Gasteiger partial charge in [-0.15, -0.1) is 11.3 Å². The number of ether oxygens (including phenoxy) is 1. The van der Waals surface area contributed by atoms with Crippen molar-refractivity contribution in [3.63, 3.8) is 0 Å². The summed E-state index contributed by atoms with van der Waals surface area (Å²) in [5.74, 6) is -2.16. The number of amides is 1. The minimum atomic E-state index is -0.940. The van der Waals surface area contributed by atoms with Gasteiger partial charge in [-0.05, 0) is 29.8 Å². The second-order valence-corrected chi connectivity index (χ2v) is 6.07. The highest BCUT2D eigenvalue weighted by Crippen LogP contribution is 2.26. The van der Waals surface area contributed by atoms with Gasteiger partial charge in [-0.25, -0.2) is 13.8 Å². The monoisotopic (exact) mass is 360 g/mol. The van der Waals surface area contributed by atoms with E-state index >= 15 is 0 Å². The van der Waals surface area contributed by atoms with Crippen molar-refractivity contribution in [3.8, 4) is 11.3 Å². The minimum Gasteiger partial charge on any atom is -0.380 e. The molecule has 0 saturated carbocycles. The molecule has 0 radical (unpaired) electrons. The van der Waals surface area contributed by atoms with Crippen LogP contribution in [-0.4, -0.2) is 18.0 Å². The Hall–Kier alpha value is -2.64. The van der Waals surface area contributed by atoms with Crippen LogP contribution in [0.2, 0.25) is 0 Å². The van der Waals surface area contributed by atoms with Gasteiger partial charge in [0.15, 0.2) is 16.8 Å². The van der Waals surface area contributed by atoms with E-state index in [2.05, 4.69) is 10.3 Å². The zero-order valence-corrected chi connectivity index (χ0v) is 14.1. The van der Waals surface area contributed by atoms with Crippen molar-refractivity contribution >= 4 is 22.4 Å². The third-order valence-corrected chi connectivity index (χ3v) is 4.26. The molecule has 3 rings (SSSR count). The topological polar surface area (TPSA) is 51.2 Å². The summed E-state index contributed by atoms with van der Waals surface area (Å²) in [5.41, 5.74) is 2.16. The number of aromatic nitrogens is 1. The van der Waals surface area contributed by atoms with Gasteiger partial charge in [0.2, 0.25) is 0 Å². The number of nitrogens with zero attached hydrogens (tertiary/aromatic N) is 1. The molecule has 1 heterocycles. The molecule has 25 heavy (non-hydrogen) atoms. The van der Waals surface area contributed by atoms with Crippen LogP contribution in [0.4, 0.5) is 13.9 Å². The lowest BCUT2D eigenvalue weighted by Crippen LogP contribution is -2.14. The number of rotatable bonds is 5. The Morgan fingerprint density at radius 2 is 2.00 bits per heavy atom. The molecule has 0 bridgehead atoms. The van der Waals surface area contributed by atoms with Gasteiger partial charge < -0.3 is 4.74 Å². The molecule has 3 aromatic rings. The SMILES string of the molecule is COCc1ccccc1C(=O)Nc1nc(-c2ccc(F)c(F)c2)cs1. The number of carbonyl (C=O) groups is 1. The van der Waals surface area contributed by atoms with Gasteiger partial charge in [-0.3, -0.25) is 10.1 Å². The van der Waals surface area contributed by atoms with Gasteiger partial charge in [-0.1, -0.05) is 18.2 Å². The van der Waals surface area contributed by atoms with E-state index in [0.29, 0.717) is 28.6 Å². The van der Waals surface area contributed by atoms with Crippen molar-refractivity contribution in [2.45, 2.75) is 6.61 Å². The molecule has 7 heteroatoms. The van der Waals surface area contributed by atoms with E-state index in [1.165, 1.54) is 17.4 Å². The Labute approximate surface area is 147 Å². The maximum atomic E-state index is 13.3. The number of nitrogens with one attached hydrogen (secondary N) is 1. The van der Waals surface area contributed by atoms with E-state index in [0.717, 1.165) is 17.7 Å². The van der Waals surface area contributed by atoms with Gasteiger partial charge in [0.25, 0.3) is 5.91 Å². The third kappa shape index (κ3) is 3.89. The first-order valence-corrected chi connectivity index (χ1v) is 8.25. The van der Waals surface area contributed by atoms with Crippen LogP contribution in [0.15, 0.2) is 47.8 Å². The summed E-state index contributed by atoms with van der Waals surface area (Å²) in [6.07, 6.45) is 0. The molecule has 0 fully saturated rings. The average molecular weight is 360 g/mol. The Balaban J connectivity index is 1.79. The van der Waals surface area contributed by atoms with Crippen LogP contribution >= 0.6 is 11.3 Å². The Morgan fingerprint density at radius 3 is 2.76 bits per heavy atom. The molecule has 2 aromatic carbocycles. The molecule has 1 aromatic heterocycles. The van der Waals surface area contributed by atoms with Gasteiger partial charge in [0.1, 0.15) is 0 Å². The molecule has 0 saturated heterocycles. The number of methoxy groups -OCH3 is 1. The molecule has 1 amide bonds. The summed E-state index contributed by atoms with van der Waals surface area (Å²) in [6, 6.07) is 10.7. The summed E-state index contributed by atoms with van der Waals surface area (Å²) >= 11 is 1.21. The van der Waals surface area contributed by atoms with E-state index in [9.17, 15) is 13.6 Å². The molecule has 128 valence electrons. The second-order valence-electron chi connectivity index (χ2n) is 5.21. The first-order chi connectivity index (χ1) is 12.1. The maximum absolute atomic E-state index is 13.3. The normalized spacial score (nSPS) is 10.7. The van der Waals surface area contributed by atoms with Crippen LogP contribution in [0, 0.1) is 11.6 Å². The molecule has 0 atom stereocenters. The van der Waals surface area contributed by atoms with Gasteiger partial charge in [0, 0.05) is 23.6 Å². The molecule has 4 nitrogen and oxygen atoms in total. The largest absolute Gasteiger partial charge is 0.380 e. The fourth-order valence-corrected chi connectivity index (χ4v) is 3.02.